The summed E-state index contributed by atoms with van der Waals surface area (Å²) in [5.74, 6) is -0.970. The number of ether oxygens (including phenoxy) is 1. The topological polar surface area (TPSA) is 139 Å². The number of amidine groups is 1. The molecule has 0 saturated heterocycles. The van der Waals surface area contributed by atoms with Gasteiger partial charge in [-0.15, -0.1) is 3.97 Å². The molecule has 0 amide bonds. The summed E-state index contributed by atoms with van der Waals surface area (Å²) in [7, 11) is -4.38. The van der Waals surface area contributed by atoms with E-state index in [1.807, 2.05) is 13.8 Å². The van der Waals surface area contributed by atoms with E-state index in [1.54, 1.807) is 18.2 Å². The van der Waals surface area contributed by atoms with E-state index in [0.717, 1.165) is 11.1 Å². The highest BCUT2D eigenvalue weighted by Crippen LogP contribution is 2.27. The molecule has 1 aromatic carbocycles. The van der Waals surface area contributed by atoms with Gasteiger partial charge in [-0.05, 0) is 49.2 Å². The second-order valence-electron chi connectivity index (χ2n) is 5.68. The van der Waals surface area contributed by atoms with Crippen LogP contribution in [-0.4, -0.2) is 23.4 Å². The van der Waals surface area contributed by atoms with Crippen LogP contribution in [0.1, 0.15) is 24.5 Å². The second kappa shape index (κ2) is 6.33. The molecule has 26 heavy (non-hydrogen) atoms. The number of hydrogen-bond acceptors (Lipinski definition) is 9. The number of benzene rings is 1. The highest BCUT2D eigenvalue weighted by Gasteiger charge is 2.33. The third-order valence-electron chi connectivity index (χ3n) is 3.81. The molecule has 0 spiro atoms. The normalized spacial score (nSPS) is 14.8. The lowest BCUT2D eigenvalue weighted by atomic mass is 10.1. The molecule has 2 N–H and O–H groups in total. The zero-order valence-corrected chi connectivity index (χ0v) is 15.0. The van der Waals surface area contributed by atoms with E-state index in [2.05, 4.69) is 14.8 Å². The van der Waals surface area contributed by atoms with Gasteiger partial charge in [0.15, 0.2) is 0 Å². The van der Waals surface area contributed by atoms with Crippen molar-refractivity contribution in [3.63, 3.8) is 0 Å². The van der Waals surface area contributed by atoms with Crippen LogP contribution in [-0.2, 0) is 14.9 Å². The Hall–Kier alpha value is -3.08. The van der Waals surface area contributed by atoms with Crippen LogP contribution in [0.25, 0.3) is 0 Å². The predicted molar refractivity (Wildman–Crippen MR) is 91.1 cm³/mol. The Kier molecular flexibility index (Phi) is 4.32. The Morgan fingerprint density at radius 1 is 1.23 bits per heavy atom. The first-order chi connectivity index (χ1) is 12.2. The van der Waals surface area contributed by atoms with Gasteiger partial charge in [0, 0.05) is 0 Å². The molecule has 138 valence electrons. The zero-order chi connectivity index (χ0) is 19.1. The molecule has 0 unspecified atom stereocenters. The predicted octanol–water partition coefficient (Wildman–Crippen LogP) is 1.35. The first-order valence-electron chi connectivity index (χ1n) is 7.48. The lowest BCUT2D eigenvalue weighted by molar-refractivity contribution is 0.220. The van der Waals surface area contributed by atoms with Gasteiger partial charge in [0.2, 0.25) is 0 Å². The van der Waals surface area contributed by atoms with Crippen molar-refractivity contribution in [1.29, 1.82) is 0 Å². The van der Waals surface area contributed by atoms with E-state index < -0.39 is 21.8 Å². The molecule has 0 radical (unpaired) electrons. The van der Waals surface area contributed by atoms with Crippen LogP contribution in [0.5, 0.6) is 11.8 Å². The van der Waals surface area contributed by atoms with E-state index in [0.29, 0.717) is 9.72 Å². The Balaban J connectivity index is 2.05. The average Bonchev–Trinajstić information content (AvgIpc) is 2.94. The molecule has 0 saturated carbocycles. The monoisotopic (exact) mass is 380 g/mol. The Morgan fingerprint density at radius 3 is 2.65 bits per heavy atom. The summed E-state index contributed by atoms with van der Waals surface area (Å²) in [6, 6.07) is 4.57. The van der Waals surface area contributed by atoms with Crippen molar-refractivity contribution in [1.82, 2.24) is 9.13 Å². The first kappa shape index (κ1) is 17.7. The third kappa shape index (κ3) is 3.08. The Bertz CT molecular complexity index is 1090. The molecule has 0 atom stereocenters. The summed E-state index contributed by atoms with van der Waals surface area (Å²) in [5, 5.41) is 6.92. The summed E-state index contributed by atoms with van der Waals surface area (Å²) >= 11 is 0. The van der Waals surface area contributed by atoms with E-state index in [-0.39, 0.29) is 22.9 Å². The lowest BCUT2D eigenvalue weighted by Crippen LogP contribution is -2.30. The minimum absolute atomic E-state index is 0.00979. The van der Waals surface area contributed by atoms with Crippen molar-refractivity contribution in [2.75, 3.05) is 0 Å². The number of oxime groups is 1. The maximum Gasteiger partial charge on any atom is 0.458 e. The van der Waals surface area contributed by atoms with E-state index in [4.69, 9.17) is 15.3 Å². The highest BCUT2D eigenvalue weighted by atomic mass is 32.2. The van der Waals surface area contributed by atoms with Crippen molar-refractivity contribution in [3.05, 3.63) is 50.5 Å². The van der Waals surface area contributed by atoms with E-state index in [9.17, 15) is 13.2 Å². The molecular weight excluding hydrogens is 364 g/mol. The van der Waals surface area contributed by atoms with Crippen LogP contribution in [0.15, 0.2) is 43.3 Å². The molecule has 0 bridgehead atoms. The van der Waals surface area contributed by atoms with Crippen molar-refractivity contribution in [3.8, 4) is 11.8 Å². The van der Waals surface area contributed by atoms with Gasteiger partial charge in [-0.2, -0.15) is 0 Å². The summed E-state index contributed by atoms with van der Waals surface area (Å²) in [4.78, 5) is 16.6. The molecule has 1 aromatic heterocycles. The van der Waals surface area contributed by atoms with Crippen molar-refractivity contribution in [2.24, 2.45) is 10.9 Å². The van der Waals surface area contributed by atoms with Gasteiger partial charge in [-0.3, -0.25) is 4.52 Å². The maximum absolute atomic E-state index is 12.9. The molecule has 2 aromatic rings. The quantitative estimate of drug-likeness (QED) is 0.838. The Morgan fingerprint density at radius 2 is 1.96 bits per heavy atom. The molecule has 1 aliphatic rings. The van der Waals surface area contributed by atoms with Crippen molar-refractivity contribution in [2.45, 2.75) is 27.2 Å². The molecule has 0 fully saturated rings. The van der Waals surface area contributed by atoms with Crippen LogP contribution in [0.3, 0.4) is 0 Å². The van der Waals surface area contributed by atoms with Gasteiger partial charge in [0.25, 0.3) is 10.0 Å². The molecule has 3 rings (SSSR count). The first-order valence-corrected chi connectivity index (χ1v) is 8.92. The van der Waals surface area contributed by atoms with E-state index >= 15 is 0 Å². The third-order valence-corrected chi connectivity index (χ3v) is 5.66. The molecule has 0 aliphatic carbocycles. The number of rotatable bonds is 4. The lowest BCUT2D eigenvalue weighted by Gasteiger charge is -2.15. The van der Waals surface area contributed by atoms with Gasteiger partial charge < -0.3 is 15.3 Å². The van der Waals surface area contributed by atoms with Crippen LogP contribution in [0.2, 0.25) is 0 Å². The van der Waals surface area contributed by atoms with Gasteiger partial charge >= 0.3 is 11.8 Å². The van der Waals surface area contributed by atoms with Gasteiger partial charge in [-0.1, -0.05) is 11.2 Å². The molecular formula is C15H16N4O6S. The zero-order valence-electron chi connectivity index (χ0n) is 14.2. The summed E-state index contributed by atoms with van der Waals surface area (Å²) < 4.78 is 36.1. The second-order valence-corrected chi connectivity index (χ2v) is 7.49. The number of aromatic nitrogens is 2. The van der Waals surface area contributed by atoms with E-state index in [1.165, 1.54) is 6.92 Å². The van der Waals surface area contributed by atoms with Crippen molar-refractivity contribution >= 4 is 15.9 Å². The van der Waals surface area contributed by atoms with Gasteiger partial charge in [-0.25, -0.2) is 13.2 Å². The van der Waals surface area contributed by atoms with Crippen LogP contribution >= 0.6 is 0 Å². The number of nitrogens with two attached hydrogens (primary N) is 1. The SMILES string of the molecule is CC1=C(S(=O)(=O)n2c(Oc3ccc(C)c(C)c3)noc2=O)CC(N)=NO1. The van der Waals surface area contributed by atoms with Gasteiger partial charge in [0.05, 0.1) is 6.42 Å². The molecule has 11 heteroatoms. The maximum atomic E-state index is 12.9. The minimum Gasteiger partial charge on any atom is -0.423 e. The minimum atomic E-state index is -4.38. The van der Waals surface area contributed by atoms with Gasteiger partial charge in [0.1, 0.15) is 22.2 Å². The van der Waals surface area contributed by atoms with Crippen LogP contribution in [0, 0.1) is 13.8 Å². The number of nitrogens with zero attached hydrogens (tertiary/aromatic N) is 3. The molecule has 2 heterocycles. The number of aryl methyl sites for hydroxylation is 2. The standard InChI is InChI=1S/C15H16N4O6S/c1-8-4-5-11(6-9(8)2)23-14-18-25-15(20)19(14)26(21,22)12-7-13(16)17-24-10(12)3/h4-6H,7H2,1-3H3,(H2,16,17). The number of hydrogen-bond donors (Lipinski definition) is 1. The number of allylic oxidation sites excluding steroid dienone is 1. The van der Waals surface area contributed by atoms with Crippen LogP contribution in [0.4, 0.5) is 0 Å². The fourth-order valence-corrected chi connectivity index (χ4v) is 3.71. The molecule has 1 aliphatic heterocycles. The fourth-order valence-electron chi connectivity index (χ4n) is 2.26. The van der Waals surface area contributed by atoms with Crippen molar-refractivity contribution < 1.29 is 22.5 Å². The average molecular weight is 380 g/mol. The summed E-state index contributed by atoms with van der Waals surface area (Å²) in [6.07, 6.45) is -0.213. The fraction of sp³-hybridized carbons (Fsp3) is 0.267. The smallest absolute Gasteiger partial charge is 0.423 e. The highest BCUT2D eigenvalue weighted by molar-refractivity contribution is 7.93. The largest absolute Gasteiger partial charge is 0.458 e. The van der Waals surface area contributed by atoms with Crippen LogP contribution < -0.4 is 16.2 Å². The summed E-state index contributed by atoms with van der Waals surface area (Å²) in [5.41, 5.74) is 7.48. The summed E-state index contributed by atoms with van der Waals surface area (Å²) in [6.45, 7) is 5.18. The Labute approximate surface area is 148 Å². The molecule has 10 nitrogen and oxygen atoms in total.